The summed E-state index contributed by atoms with van der Waals surface area (Å²) in [5.41, 5.74) is 3.76. The Kier molecular flexibility index (Phi) is 6.10. The Morgan fingerprint density at radius 2 is 1.93 bits per heavy atom. The predicted molar refractivity (Wildman–Crippen MR) is 114 cm³/mol. The molecule has 2 aromatic carbocycles. The first kappa shape index (κ1) is 18.9. The van der Waals surface area contributed by atoms with Gasteiger partial charge in [0.05, 0.1) is 12.0 Å². The van der Waals surface area contributed by atoms with E-state index in [1.165, 1.54) is 28.2 Å². The molecule has 0 bridgehead atoms. The van der Waals surface area contributed by atoms with E-state index in [1.807, 2.05) is 23.9 Å². The number of halogens is 1. The highest BCUT2D eigenvalue weighted by molar-refractivity contribution is 8.06. The summed E-state index contributed by atoms with van der Waals surface area (Å²) in [5, 5.41) is 10.6. The first-order valence-electron chi connectivity index (χ1n) is 9.67. The quantitative estimate of drug-likeness (QED) is 0.661. The maximum atomic E-state index is 13.4. The lowest BCUT2D eigenvalue weighted by atomic mass is 9.68. The van der Waals surface area contributed by atoms with Gasteiger partial charge >= 0.3 is 0 Å². The Balaban J connectivity index is 1.65. The van der Waals surface area contributed by atoms with Crippen molar-refractivity contribution in [1.82, 2.24) is 0 Å². The van der Waals surface area contributed by atoms with Crippen molar-refractivity contribution in [3.8, 4) is 6.07 Å². The van der Waals surface area contributed by atoms with Crippen molar-refractivity contribution in [3.63, 3.8) is 0 Å². The van der Waals surface area contributed by atoms with E-state index >= 15 is 0 Å². The number of thioether (sulfide) groups is 2. The average molecular weight is 398 g/mol. The molecule has 0 aromatic heterocycles. The third-order valence-electron chi connectivity index (χ3n) is 5.96. The van der Waals surface area contributed by atoms with Crippen molar-refractivity contribution in [2.24, 2.45) is 11.8 Å². The number of nitrogens with zero attached hydrogens (tertiary/aromatic N) is 1. The van der Waals surface area contributed by atoms with Crippen molar-refractivity contribution in [1.29, 1.82) is 5.26 Å². The molecule has 140 valence electrons. The lowest BCUT2D eigenvalue weighted by Gasteiger charge is -2.40. The van der Waals surface area contributed by atoms with Crippen LogP contribution >= 0.6 is 23.5 Å². The number of hydrogen-bond acceptors (Lipinski definition) is 3. The highest BCUT2D eigenvalue weighted by atomic mass is 32.2. The van der Waals surface area contributed by atoms with E-state index in [2.05, 4.69) is 42.1 Å². The van der Waals surface area contributed by atoms with Crippen LogP contribution in [-0.4, -0.2) is 22.5 Å². The van der Waals surface area contributed by atoms with Crippen LogP contribution in [0.5, 0.6) is 0 Å². The highest BCUT2D eigenvalue weighted by Gasteiger charge is 2.39. The standard InChI is InChI=1S/C23H24FNS2/c24-18-8-5-16(6-9-18)13-21(23-15-26-11-12-27-23)20-10-7-17-3-1-2-4-19(17)22(20)14-25/h1-6,8-9,20-23H,7,10-13,15H2. The van der Waals surface area contributed by atoms with Gasteiger partial charge in [0.1, 0.15) is 5.82 Å². The lowest BCUT2D eigenvalue weighted by molar-refractivity contribution is 0.275. The SMILES string of the molecule is N#CC1c2ccccc2CCC1C(Cc1ccc(F)cc1)C1CSCCS1. The monoisotopic (exact) mass is 397 g/mol. The summed E-state index contributed by atoms with van der Waals surface area (Å²) in [7, 11) is 0. The molecule has 4 heteroatoms. The van der Waals surface area contributed by atoms with Gasteiger partial charge < -0.3 is 0 Å². The molecule has 2 aliphatic rings. The van der Waals surface area contributed by atoms with Gasteiger partial charge in [-0.15, -0.1) is 0 Å². The van der Waals surface area contributed by atoms with E-state index in [0.717, 1.165) is 25.0 Å². The maximum Gasteiger partial charge on any atom is 0.123 e. The number of rotatable bonds is 4. The molecular weight excluding hydrogens is 373 g/mol. The number of benzene rings is 2. The second kappa shape index (κ2) is 8.71. The van der Waals surface area contributed by atoms with E-state index in [0.29, 0.717) is 17.1 Å². The first-order valence-corrected chi connectivity index (χ1v) is 11.9. The van der Waals surface area contributed by atoms with Gasteiger partial charge in [-0.05, 0) is 59.9 Å². The Morgan fingerprint density at radius 3 is 2.67 bits per heavy atom. The van der Waals surface area contributed by atoms with Crippen molar-refractivity contribution in [2.75, 3.05) is 17.3 Å². The van der Waals surface area contributed by atoms with E-state index in [-0.39, 0.29) is 11.7 Å². The fraction of sp³-hybridized carbons (Fsp3) is 0.435. The Hall–Kier alpha value is -1.44. The van der Waals surface area contributed by atoms with Crippen molar-refractivity contribution < 1.29 is 4.39 Å². The maximum absolute atomic E-state index is 13.4. The minimum absolute atomic E-state index is 0.0343. The molecule has 0 radical (unpaired) electrons. The topological polar surface area (TPSA) is 23.8 Å². The van der Waals surface area contributed by atoms with Crippen LogP contribution in [0.15, 0.2) is 48.5 Å². The minimum Gasteiger partial charge on any atom is -0.207 e. The molecule has 27 heavy (non-hydrogen) atoms. The van der Waals surface area contributed by atoms with E-state index in [4.69, 9.17) is 0 Å². The van der Waals surface area contributed by atoms with Crippen LogP contribution in [0.4, 0.5) is 4.39 Å². The van der Waals surface area contributed by atoms with Crippen LogP contribution in [0.1, 0.15) is 29.0 Å². The molecular formula is C23H24FNS2. The summed E-state index contributed by atoms with van der Waals surface area (Å²) in [6.07, 6.45) is 3.07. The highest BCUT2D eigenvalue weighted by Crippen LogP contribution is 2.45. The molecule has 1 fully saturated rings. The molecule has 0 saturated carbocycles. The van der Waals surface area contributed by atoms with Crippen LogP contribution in [0, 0.1) is 29.0 Å². The molecule has 4 rings (SSSR count). The second-order valence-electron chi connectivity index (χ2n) is 7.49. The van der Waals surface area contributed by atoms with Crippen LogP contribution in [-0.2, 0) is 12.8 Å². The molecule has 1 saturated heterocycles. The molecule has 0 N–H and O–H groups in total. The lowest BCUT2D eigenvalue weighted by Crippen LogP contribution is -2.37. The summed E-state index contributed by atoms with van der Waals surface area (Å²) in [6.45, 7) is 0. The first-order chi connectivity index (χ1) is 13.3. The second-order valence-corrected chi connectivity index (χ2v) is 9.98. The Labute approximate surface area is 169 Å². The number of aryl methyl sites for hydroxylation is 1. The Bertz CT molecular complexity index is 808. The molecule has 1 aliphatic carbocycles. The zero-order valence-corrected chi connectivity index (χ0v) is 16.9. The molecule has 0 amide bonds. The summed E-state index contributed by atoms with van der Waals surface area (Å²) in [6, 6.07) is 18.1. The van der Waals surface area contributed by atoms with E-state index in [1.54, 1.807) is 12.1 Å². The van der Waals surface area contributed by atoms with Crippen LogP contribution in [0.25, 0.3) is 0 Å². The van der Waals surface area contributed by atoms with E-state index in [9.17, 15) is 9.65 Å². The average Bonchev–Trinajstić information content (AvgIpc) is 2.73. The molecule has 4 unspecified atom stereocenters. The third kappa shape index (κ3) is 4.20. The summed E-state index contributed by atoms with van der Waals surface area (Å²) < 4.78 is 13.4. The number of nitriles is 1. The molecule has 1 aliphatic heterocycles. The van der Waals surface area contributed by atoms with Gasteiger partial charge in [0, 0.05) is 22.5 Å². The van der Waals surface area contributed by atoms with Crippen LogP contribution in [0.2, 0.25) is 0 Å². The summed E-state index contributed by atoms with van der Waals surface area (Å²) in [4.78, 5) is 0. The number of fused-ring (bicyclic) bond motifs is 1. The smallest absolute Gasteiger partial charge is 0.123 e. The Morgan fingerprint density at radius 1 is 1.11 bits per heavy atom. The summed E-state index contributed by atoms with van der Waals surface area (Å²) in [5.74, 6) is 4.17. The van der Waals surface area contributed by atoms with Crippen molar-refractivity contribution in [3.05, 3.63) is 71.0 Å². The molecule has 1 nitrogen and oxygen atoms in total. The largest absolute Gasteiger partial charge is 0.207 e. The third-order valence-corrected chi connectivity index (χ3v) is 8.90. The number of hydrogen-bond donors (Lipinski definition) is 0. The van der Waals surface area contributed by atoms with Gasteiger partial charge in [-0.2, -0.15) is 28.8 Å². The fourth-order valence-corrected chi connectivity index (χ4v) is 7.64. The van der Waals surface area contributed by atoms with Crippen LogP contribution in [0.3, 0.4) is 0 Å². The van der Waals surface area contributed by atoms with E-state index < -0.39 is 0 Å². The predicted octanol–water partition coefficient (Wildman–Crippen LogP) is 5.70. The zero-order valence-electron chi connectivity index (χ0n) is 15.3. The van der Waals surface area contributed by atoms with Gasteiger partial charge in [0.25, 0.3) is 0 Å². The van der Waals surface area contributed by atoms with Crippen molar-refractivity contribution >= 4 is 23.5 Å². The van der Waals surface area contributed by atoms with Crippen molar-refractivity contribution in [2.45, 2.75) is 30.4 Å². The molecule has 1 heterocycles. The van der Waals surface area contributed by atoms with Crippen LogP contribution < -0.4 is 0 Å². The fourth-order valence-electron chi connectivity index (χ4n) is 4.62. The molecule has 2 aromatic rings. The summed E-state index contributed by atoms with van der Waals surface area (Å²) >= 11 is 4.12. The van der Waals surface area contributed by atoms with Gasteiger partial charge in [-0.3, -0.25) is 0 Å². The zero-order chi connectivity index (χ0) is 18.6. The molecule has 0 spiro atoms. The van der Waals surface area contributed by atoms with Gasteiger partial charge in [0.2, 0.25) is 0 Å². The molecule has 4 atom stereocenters. The van der Waals surface area contributed by atoms with Gasteiger partial charge in [0.15, 0.2) is 0 Å². The van der Waals surface area contributed by atoms with Gasteiger partial charge in [-0.25, -0.2) is 4.39 Å². The minimum atomic E-state index is -0.181. The normalized spacial score (nSPS) is 26.0. The van der Waals surface area contributed by atoms with Gasteiger partial charge in [-0.1, -0.05) is 36.4 Å².